The fourth-order valence-corrected chi connectivity index (χ4v) is 10.8. The van der Waals surface area contributed by atoms with Crippen LogP contribution >= 0.6 is 0 Å². The third-order valence-electron chi connectivity index (χ3n) is 8.35. The van der Waals surface area contributed by atoms with E-state index in [2.05, 4.69) is 65.8 Å². The van der Waals surface area contributed by atoms with Crippen LogP contribution in [-0.2, 0) is 14.3 Å². The van der Waals surface area contributed by atoms with Gasteiger partial charge in [-0.25, -0.2) is 4.39 Å². The fourth-order valence-electron chi connectivity index (χ4n) is 5.45. The van der Waals surface area contributed by atoms with E-state index in [1.54, 1.807) is 12.1 Å². The van der Waals surface area contributed by atoms with Gasteiger partial charge in [0.2, 0.25) is 0 Å². The van der Waals surface area contributed by atoms with Gasteiger partial charge in [0.1, 0.15) is 5.82 Å². The quantitative estimate of drug-likeness (QED) is 0.290. The Bertz CT molecular complexity index is 866. The summed E-state index contributed by atoms with van der Waals surface area (Å²) in [4.78, 5) is 0. The minimum Gasteiger partial charge on any atom is -0.415 e. The van der Waals surface area contributed by atoms with E-state index in [0.29, 0.717) is 13.2 Å². The molecule has 0 aromatic heterocycles. The van der Waals surface area contributed by atoms with Gasteiger partial charge in [-0.3, -0.25) is 0 Å². The summed E-state index contributed by atoms with van der Waals surface area (Å²) in [5, 5.41) is 0. The molecule has 0 fully saturated rings. The molecule has 0 spiro atoms. The molecule has 0 radical (unpaired) electrons. The lowest BCUT2D eigenvalue weighted by Crippen LogP contribution is -2.47. The van der Waals surface area contributed by atoms with Crippen molar-refractivity contribution in [3.05, 3.63) is 59.4 Å². The van der Waals surface area contributed by atoms with Crippen LogP contribution in [0.2, 0.25) is 36.3 Å². The Kier molecular flexibility index (Phi) is 8.18. The first kappa shape index (κ1) is 25.3. The molecular formula is C27H41FO2Si2. The van der Waals surface area contributed by atoms with Gasteiger partial charge in [-0.05, 0) is 70.7 Å². The van der Waals surface area contributed by atoms with Crippen LogP contribution in [0.4, 0.5) is 4.39 Å². The van der Waals surface area contributed by atoms with Gasteiger partial charge in [0.05, 0.1) is 5.41 Å². The van der Waals surface area contributed by atoms with Crippen LogP contribution in [0.1, 0.15) is 52.7 Å². The second kappa shape index (κ2) is 10.3. The molecule has 0 N–H and O–H groups in total. The molecule has 5 heteroatoms. The Labute approximate surface area is 196 Å². The molecule has 3 rings (SSSR count). The Hall–Kier alpha value is -1.28. The minimum atomic E-state index is -1.83. The lowest BCUT2D eigenvalue weighted by atomic mass is 9.80. The number of fused-ring (bicyclic) bond motifs is 3. The maximum atomic E-state index is 14.6. The summed E-state index contributed by atoms with van der Waals surface area (Å²) in [6.45, 7) is 14.7. The van der Waals surface area contributed by atoms with Gasteiger partial charge in [0.15, 0.2) is 16.6 Å². The molecule has 1 aliphatic rings. The van der Waals surface area contributed by atoms with Crippen molar-refractivity contribution in [3.63, 3.8) is 0 Å². The maximum Gasteiger partial charge on any atom is 0.192 e. The fraction of sp³-hybridized carbons (Fsp3) is 0.556. The van der Waals surface area contributed by atoms with Crippen molar-refractivity contribution in [2.45, 2.75) is 83.2 Å². The predicted molar refractivity (Wildman–Crippen MR) is 139 cm³/mol. The molecule has 0 saturated carbocycles. The molecule has 2 aromatic carbocycles. The van der Waals surface area contributed by atoms with Gasteiger partial charge < -0.3 is 8.85 Å². The standard InChI is InChI=1S/C27H41FO2Si2/c1-7-31(8-2,9-3)29-20-27(21-30-32(10-4,11-5)12-6)25-16-14-13-15-23(25)24-18-17-22(28)19-26(24)27/h13-19H,7-12,20-21H2,1-6H3. The largest absolute Gasteiger partial charge is 0.415 e. The molecule has 0 saturated heterocycles. The second-order valence-corrected chi connectivity index (χ2v) is 18.9. The van der Waals surface area contributed by atoms with Crippen LogP contribution in [0.3, 0.4) is 0 Å². The van der Waals surface area contributed by atoms with Crippen LogP contribution in [0, 0.1) is 5.82 Å². The number of benzene rings is 2. The molecule has 0 unspecified atom stereocenters. The third kappa shape index (κ3) is 4.41. The number of halogens is 1. The van der Waals surface area contributed by atoms with E-state index in [9.17, 15) is 4.39 Å². The molecule has 0 aliphatic heterocycles. The Morgan fingerprint density at radius 2 is 1.12 bits per heavy atom. The topological polar surface area (TPSA) is 18.5 Å². The molecule has 32 heavy (non-hydrogen) atoms. The SMILES string of the molecule is CC[Si](CC)(CC)OCC1(CO[Si](CC)(CC)CC)c2ccccc2-c2ccc(F)cc21. The van der Waals surface area contributed by atoms with E-state index in [0.717, 1.165) is 47.4 Å². The monoisotopic (exact) mass is 472 g/mol. The van der Waals surface area contributed by atoms with Crippen molar-refractivity contribution in [2.75, 3.05) is 13.2 Å². The summed E-state index contributed by atoms with van der Waals surface area (Å²) in [5.74, 6) is -0.184. The summed E-state index contributed by atoms with van der Waals surface area (Å²) in [6, 6.07) is 20.4. The summed E-state index contributed by atoms with van der Waals surface area (Å²) >= 11 is 0. The van der Waals surface area contributed by atoms with Crippen LogP contribution in [0.25, 0.3) is 11.1 Å². The highest BCUT2D eigenvalue weighted by atomic mass is 28.4. The summed E-state index contributed by atoms with van der Waals surface area (Å²) in [5.41, 5.74) is 4.14. The summed E-state index contributed by atoms with van der Waals surface area (Å²) in [6.07, 6.45) is 0. The first-order valence-electron chi connectivity index (χ1n) is 12.6. The van der Waals surface area contributed by atoms with Crippen LogP contribution in [0.5, 0.6) is 0 Å². The van der Waals surface area contributed by atoms with Crippen LogP contribution in [-0.4, -0.2) is 29.8 Å². The molecular weight excluding hydrogens is 431 g/mol. The Morgan fingerprint density at radius 1 is 0.656 bits per heavy atom. The van der Waals surface area contributed by atoms with Crippen molar-refractivity contribution < 1.29 is 13.2 Å². The molecule has 2 nitrogen and oxygen atoms in total. The molecule has 0 amide bonds. The van der Waals surface area contributed by atoms with Gasteiger partial charge >= 0.3 is 0 Å². The summed E-state index contributed by atoms with van der Waals surface area (Å²) < 4.78 is 28.5. The van der Waals surface area contributed by atoms with Crippen LogP contribution in [0.15, 0.2) is 42.5 Å². The molecule has 0 bridgehead atoms. The van der Waals surface area contributed by atoms with Gasteiger partial charge in [-0.1, -0.05) is 71.9 Å². The van der Waals surface area contributed by atoms with E-state index in [1.807, 2.05) is 6.07 Å². The van der Waals surface area contributed by atoms with E-state index in [-0.39, 0.29) is 5.82 Å². The van der Waals surface area contributed by atoms with E-state index < -0.39 is 22.0 Å². The molecule has 176 valence electrons. The van der Waals surface area contributed by atoms with Gasteiger partial charge in [-0.2, -0.15) is 0 Å². The predicted octanol–water partition coefficient (Wildman–Crippen LogP) is 8.14. The zero-order valence-corrected chi connectivity index (χ0v) is 22.9. The lowest BCUT2D eigenvalue weighted by molar-refractivity contribution is 0.158. The van der Waals surface area contributed by atoms with Gasteiger partial charge in [0.25, 0.3) is 0 Å². The first-order valence-corrected chi connectivity index (χ1v) is 17.6. The van der Waals surface area contributed by atoms with E-state index in [1.165, 1.54) is 11.1 Å². The highest BCUT2D eigenvalue weighted by Gasteiger charge is 2.47. The second-order valence-electron chi connectivity index (χ2n) is 9.38. The zero-order chi connectivity index (χ0) is 23.4. The Morgan fingerprint density at radius 3 is 1.62 bits per heavy atom. The lowest BCUT2D eigenvalue weighted by Gasteiger charge is -2.40. The molecule has 0 atom stereocenters. The van der Waals surface area contributed by atoms with Gasteiger partial charge in [0, 0.05) is 13.2 Å². The number of rotatable bonds is 12. The van der Waals surface area contributed by atoms with E-state index in [4.69, 9.17) is 8.85 Å². The molecule has 0 heterocycles. The normalized spacial score (nSPS) is 15.0. The molecule has 1 aliphatic carbocycles. The third-order valence-corrected chi connectivity index (χ3v) is 17.6. The van der Waals surface area contributed by atoms with Crippen LogP contribution < -0.4 is 0 Å². The van der Waals surface area contributed by atoms with Gasteiger partial charge in [-0.15, -0.1) is 0 Å². The zero-order valence-electron chi connectivity index (χ0n) is 20.9. The smallest absolute Gasteiger partial charge is 0.192 e. The van der Waals surface area contributed by atoms with E-state index >= 15 is 0 Å². The average Bonchev–Trinajstić information content (AvgIpc) is 3.11. The highest BCUT2D eigenvalue weighted by molar-refractivity contribution is 6.74. The first-order chi connectivity index (χ1) is 15.4. The summed E-state index contributed by atoms with van der Waals surface area (Å²) in [7, 11) is -3.65. The average molecular weight is 473 g/mol. The highest BCUT2D eigenvalue weighted by Crippen LogP contribution is 2.50. The van der Waals surface area contributed by atoms with Crippen molar-refractivity contribution in [1.82, 2.24) is 0 Å². The molecule has 2 aromatic rings. The van der Waals surface area contributed by atoms with Crippen molar-refractivity contribution in [2.24, 2.45) is 0 Å². The number of hydrogen-bond donors (Lipinski definition) is 0. The minimum absolute atomic E-state index is 0.184. The van der Waals surface area contributed by atoms with Crippen molar-refractivity contribution >= 4 is 16.6 Å². The van der Waals surface area contributed by atoms with Crippen molar-refractivity contribution in [3.8, 4) is 11.1 Å². The maximum absolute atomic E-state index is 14.6. The number of hydrogen-bond acceptors (Lipinski definition) is 2. The van der Waals surface area contributed by atoms with Crippen molar-refractivity contribution in [1.29, 1.82) is 0 Å². The Balaban J connectivity index is 2.14.